The maximum atomic E-state index is 12.3. The Hall–Kier alpha value is -2.21. The number of esters is 2. The topological polar surface area (TPSA) is 89.9 Å². The molecule has 6 heteroatoms. The number of carbonyl (C=O) groups excluding carboxylic acids is 3. The van der Waals surface area contributed by atoms with Crippen molar-refractivity contribution in [1.82, 2.24) is 0 Å². The lowest BCUT2D eigenvalue weighted by Gasteiger charge is -2.29. The molecular formula is C20H24O6. The highest BCUT2D eigenvalue weighted by Gasteiger charge is 2.57. The monoisotopic (exact) mass is 360 g/mol. The molecular weight excluding hydrogens is 336 g/mol. The molecule has 0 aromatic heterocycles. The van der Waals surface area contributed by atoms with Crippen molar-refractivity contribution >= 4 is 17.7 Å². The third-order valence-corrected chi connectivity index (χ3v) is 5.98. The van der Waals surface area contributed by atoms with Crippen molar-refractivity contribution < 1.29 is 29.0 Å². The second kappa shape index (κ2) is 6.83. The van der Waals surface area contributed by atoms with Gasteiger partial charge in [0.1, 0.15) is 18.0 Å². The molecule has 6 atom stereocenters. The third kappa shape index (κ3) is 2.92. The maximum Gasteiger partial charge on any atom is 0.334 e. The second-order valence-corrected chi connectivity index (χ2v) is 7.44. The molecule has 26 heavy (non-hydrogen) atoms. The summed E-state index contributed by atoms with van der Waals surface area (Å²) in [6.07, 6.45) is 0.930. The Kier molecular flexibility index (Phi) is 4.88. The van der Waals surface area contributed by atoms with Crippen molar-refractivity contribution in [3.05, 3.63) is 36.0 Å². The van der Waals surface area contributed by atoms with Gasteiger partial charge in [-0.25, -0.2) is 9.59 Å². The number of hydrogen-bond donors (Lipinski definition) is 1. The molecule has 1 saturated heterocycles. The summed E-state index contributed by atoms with van der Waals surface area (Å²) in [6.45, 7) is 11.1. The van der Waals surface area contributed by atoms with E-state index in [1.54, 1.807) is 6.92 Å². The van der Waals surface area contributed by atoms with Gasteiger partial charge in [0.2, 0.25) is 0 Å². The van der Waals surface area contributed by atoms with Crippen LogP contribution >= 0.6 is 0 Å². The predicted octanol–water partition coefficient (Wildman–Crippen LogP) is 1.74. The molecule has 1 aliphatic heterocycles. The van der Waals surface area contributed by atoms with Gasteiger partial charge in [0.05, 0.1) is 12.5 Å². The highest BCUT2D eigenvalue weighted by Crippen LogP contribution is 2.52. The lowest BCUT2D eigenvalue weighted by atomic mass is 9.79. The van der Waals surface area contributed by atoms with E-state index < -0.39 is 30.1 Å². The number of ketones is 1. The van der Waals surface area contributed by atoms with Gasteiger partial charge in [-0.15, -0.1) is 0 Å². The Morgan fingerprint density at radius 2 is 2.04 bits per heavy atom. The molecule has 0 aromatic carbocycles. The van der Waals surface area contributed by atoms with E-state index in [1.165, 1.54) is 6.08 Å². The molecule has 140 valence electrons. The molecule has 2 aliphatic carbocycles. The van der Waals surface area contributed by atoms with Gasteiger partial charge in [-0.1, -0.05) is 25.7 Å². The fourth-order valence-corrected chi connectivity index (χ4v) is 4.50. The lowest BCUT2D eigenvalue weighted by Crippen LogP contribution is -2.37. The van der Waals surface area contributed by atoms with Gasteiger partial charge in [-0.3, -0.25) is 4.79 Å². The first-order valence-corrected chi connectivity index (χ1v) is 8.85. The summed E-state index contributed by atoms with van der Waals surface area (Å²) in [6, 6.07) is 0. The number of hydrogen-bond acceptors (Lipinski definition) is 6. The van der Waals surface area contributed by atoms with Crippen LogP contribution in [0.15, 0.2) is 36.0 Å². The average Bonchev–Trinajstić information content (AvgIpc) is 3.00. The summed E-state index contributed by atoms with van der Waals surface area (Å²) in [5, 5.41) is 8.96. The van der Waals surface area contributed by atoms with E-state index in [1.807, 2.05) is 6.92 Å². The van der Waals surface area contributed by atoms with Crippen molar-refractivity contribution in [1.29, 1.82) is 0 Å². The smallest absolute Gasteiger partial charge is 0.334 e. The quantitative estimate of drug-likeness (QED) is 0.468. The Labute approximate surface area is 152 Å². The Morgan fingerprint density at radius 3 is 2.69 bits per heavy atom. The Balaban J connectivity index is 1.95. The van der Waals surface area contributed by atoms with Crippen LogP contribution in [0.1, 0.15) is 26.7 Å². The van der Waals surface area contributed by atoms with Crippen LogP contribution < -0.4 is 0 Å². The van der Waals surface area contributed by atoms with Gasteiger partial charge in [0.15, 0.2) is 0 Å². The molecule has 3 fully saturated rings. The average molecular weight is 360 g/mol. The van der Waals surface area contributed by atoms with E-state index in [9.17, 15) is 14.4 Å². The zero-order valence-electron chi connectivity index (χ0n) is 15.1. The van der Waals surface area contributed by atoms with E-state index in [0.717, 1.165) is 5.57 Å². The minimum atomic E-state index is -0.631. The largest absolute Gasteiger partial charge is 0.458 e. The molecule has 3 aliphatic rings. The van der Waals surface area contributed by atoms with E-state index >= 15 is 0 Å². The van der Waals surface area contributed by atoms with Gasteiger partial charge in [0.25, 0.3) is 0 Å². The van der Waals surface area contributed by atoms with E-state index in [-0.39, 0.29) is 35.7 Å². The summed E-state index contributed by atoms with van der Waals surface area (Å²) in [4.78, 5) is 36.7. The standard InChI is InChI=1S/C20H24O6/c1-9(5-6-21)19(23)25-15-7-10(2)13-8-14(22)11(3)16(13)18-17(15)12(4)20(24)26-18/h5,11,13,15-18,21H,2,4,6-8H2,1,3H3/b9-5+/t11-,13+,15-,16+,17-,18?/m1/s1. The maximum absolute atomic E-state index is 12.3. The van der Waals surface area contributed by atoms with Crippen molar-refractivity contribution in [2.75, 3.05) is 6.61 Å². The molecule has 0 bridgehead atoms. The number of fused-ring (bicyclic) bond motifs is 3. The molecule has 6 nitrogen and oxygen atoms in total. The number of aliphatic hydroxyl groups is 1. The van der Waals surface area contributed by atoms with Gasteiger partial charge >= 0.3 is 11.9 Å². The van der Waals surface area contributed by atoms with Gasteiger partial charge in [-0.2, -0.15) is 0 Å². The number of aliphatic hydroxyl groups excluding tert-OH is 1. The van der Waals surface area contributed by atoms with Crippen LogP contribution in [0, 0.1) is 23.7 Å². The van der Waals surface area contributed by atoms with Crippen LogP contribution in [-0.4, -0.2) is 41.6 Å². The zero-order valence-corrected chi connectivity index (χ0v) is 15.1. The van der Waals surface area contributed by atoms with Gasteiger partial charge in [-0.05, 0) is 18.9 Å². The molecule has 0 spiro atoms. The summed E-state index contributed by atoms with van der Waals surface area (Å²) in [7, 11) is 0. The van der Waals surface area contributed by atoms with E-state index in [2.05, 4.69) is 13.2 Å². The molecule has 0 aromatic rings. The van der Waals surface area contributed by atoms with Crippen LogP contribution in [0.25, 0.3) is 0 Å². The van der Waals surface area contributed by atoms with Crippen molar-refractivity contribution in [3.63, 3.8) is 0 Å². The molecule has 0 radical (unpaired) electrons. The van der Waals surface area contributed by atoms with Crippen LogP contribution in [0.3, 0.4) is 0 Å². The number of carbonyl (C=O) groups is 3. The van der Waals surface area contributed by atoms with Crippen molar-refractivity contribution in [2.24, 2.45) is 23.7 Å². The Morgan fingerprint density at radius 1 is 1.35 bits per heavy atom. The first kappa shape index (κ1) is 18.6. The minimum absolute atomic E-state index is 0.0820. The normalized spacial score (nSPS) is 37.1. The minimum Gasteiger partial charge on any atom is -0.458 e. The first-order chi connectivity index (χ1) is 12.3. The van der Waals surface area contributed by atoms with Crippen LogP contribution in [-0.2, 0) is 23.9 Å². The molecule has 1 heterocycles. The molecule has 1 unspecified atom stereocenters. The first-order valence-electron chi connectivity index (χ1n) is 8.85. The summed E-state index contributed by atoms with van der Waals surface area (Å²) in [5.41, 5.74) is 1.41. The van der Waals surface area contributed by atoms with Gasteiger partial charge in [0, 0.05) is 35.8 Å². The SMILES string of the molecule is C=C1C[C@@H](OC(=O)/C(C)=C/CO)[C@H]2C(=C)C(=O)OC2[C@H]2[C@H](C)C(=O)C[C@@H]12. The summed E-state index contributed by atoms with van der Waals surface area (Å²) >= 11 is 0. The van der Waals surface area contributed by atoms with E-state index in [0.29, 0.717) is 18.4 Å². The van der Waals surface area contributed by atoms with Crippen LogP contribution in [0.5, 0.6) is 0 Å². The number of Topliss-reactive ketones (excluding diaryl/α,β-unsaturated/α-hetero) is 1. The Bertz CT molecular complexity index is 718. The van der Waals surface area contributed by atoms with Crippen molar-refractivity contribution in [2.45, 2.75) is 38.9 Å². The molecule has 0 amide bonds. The molecule has 2 saturated carbocycles. The highest BCUT2D eigenvalue weighted by molar-refractivity contribution is 5.92. The van der Waals surface area contributed by atoms with Gasteiger partial charge < -0.3 is 14.6 Å². The van der Waals surface area contributed by atoms with Crippen molar-refractivity contribution in [3.8, 4) is 0 Å². The summed E-state index contributed by atoms with van der Waals surface area (Å²) < 4.78 is 11.2. The zero-order chi connectivity index (χ0) is 19.2. The predicted molar refractivity (Wildman–Crippen MR) is 92.8 cm³/mol. The molecule has 1 N–H and O–H groups in total. The lowest BCUT2D eigenvalue weighted by molar-refractivity contribution is -0.149. The fraction of sp³-hybridized carbons (Fsp3) is 0.550. The fourth-order valence-electron chi connectivity index (χ4n) is 4.50. The summed E-state index contributed by atoms with van der Waals surface area (Å²) in [5.74, 6) is -1.89. The van der Waals surface area contributed by atoms with E-state index in [4.69, 9.17) is 14.6 Å². The van der Waals surface area contributed by atoms with Crippen LogP contribution in [0.2, 0.25) is 0 Å². The third-order valence-electron chi connectivity index (χ3n) is 5.98. The number of rotatable bonds is 3. The second-order valence-electron chi connectivity index (χ2n) is 7.44. The highest BCUT2D eigenvalue weighted by atomic mass is 16.6. The number of ether oxygens (including phenoxy) is 2. The van der Waals surface area contributed by atoms with Crippen LogP contribution in [0.4, 0.5) is 0 Å². The molecule has 3 rings (SSSR count).